The van der Waals surface area contributed by atoms with Gasteiger partial charge in [-0.2, -0.15) is 0 Å². The van der Waals surface area contributed by atoms with Crippen LogP contribution in [0.3, 0.4) is 0 Å². The molecule has 0 bridgehead atoms. The molecule has 3 nitrogen and oxygen atoms in total. The molecular formula is C19H20F2N2O. The van der Waals surface area contributed by atoms with Crippen LogP contribution in [0.25, 0.3) is 0 Å². The third-order valence-corrected chi connectivity index (χ3v) is 4.78. The molecule has 2 atom stereocenters. The Morgan fingerprint density at radius 2 is 1.88 bits per heavy atom. The fourth-order valence-electron chi connectivity index (χ4n) is 3.18. The topological polar surface area (TPSA) is 41.1 Å². The largest absolute Gasteiger partial charge is 0.337 e. The van der Waals surface area contributed by atoms with Crippen molar-refractivity contribution in [3.8, 4) is 0 Å². The van der Waals surface area contributed by atoms with E-state index in [1.165, 1.54) is 12.1 Å². The number of amides is 2. The molecule has 24 heavy (non-hydrogen) atoms. The highest BCUT2D eigenvalue weighted by atomic mass is 19.1. The number of carbonyl (C=O) groups excluding carboxylic acids is 1. The number of carbonyl (C=O) groups is 1. The van der Waals surface area contributed by atoms with Gasteiger partial charge in [-0.25, -0.2) is 13.6 Å². The molecule has 5 heteroatoms. The van der Waals surface area contributed by atoms with E-state index in [1.807, 2.05) is 37.3 Å². The van der Waals surface area contributed by atoms with Gasteiger partial charge in [0, 0.05) is 24.6 Å². The molecule has 1 aliphatic carbocycles. The van der Waals surface area contributed by atoms with Crippen molar-refractivity contribution in [2.75, 3.05) is 6.54 Å². The molecule has 2 amide bonds. The maximum Gasteiger partial charge on any atom is 0.315 e. The highest BCUT2D eigenvalue weighted by Gasteiger charge is 2.53. The fourth-order valence-corrected chi connectivity index (χ4v) is 3.18. The third kappa shape index (κ3) is 3.40. The van der Waals surface area contributed by atoms with Crippen LogP contribution in [0.2, 0.25) is 0 Å². The number of benzene rings is 2. The number of nitrogens with one attached hydrogen (secondary N) is 2. The predicted octanol–water partition coefficient (Wildman–Crippen LogP) is 3.74. The molecular weight excluding hydrogens is 310 g/mol. The minimum absolute atomic E-state index is 0.242. The second-order valence-corrected chi connectivity index (χ2v) is 6.41. The van der Waals surface area contributed by atoms with Gasteiger partial charge in [0.25, 0.3) is 0 Å². The SMILES string of the molecule is CC1CC1(CNC(=O)NCc1ccccc1)c1ccc(F)cc1F. The van der Waals surface area contributed by atoms with Gasteiger partial charge in [-0.05, 0) is 29.5 Å². The molecule has 2 N–H and O–H groups in total. The maximum atomic E-state index is 14.1. The maximum absolute atomic E-state index is 14.1. The van der Waals surface area contributed by atoms with Crippen molar-refractivity contribution in [3.05, 3.63) is 71.3 Å². The summed E-state index contributed by atoms with van der Waals surface area (Å²) in [7, 11) is 0. The average molecular weight is 330 g/mol. The Balaban J connectivity index is 1.59. The van der Waals surface area contributed by atoms with Crippen LogP contribution in [0.1, 0.15) is 24.5 Å². The van der Waals surface area contributed by atoms with Gasteiger partial charge < -0.3 is 10.6 Å². The van der Waals surface area contributed by atoms with Gasteiger partial charge in [-0.3, -0.25) is 0 Å². The molecule has 0 aliphatic heterocycles. The number of hydrogen-bond acceptors (Lipinski definition) is 1. The second-order valence-electron chi connectivity index (χ2n) is 6.41. The first kappa shape index (κ1) is 16.4. The lowest BCUT2D eigenvalue weighted by molar-refractivity contribution is 0.239. The quantitative estimate of drug-likeness (QED) is 0.861. The summed E-state index contributed by atoms with van der Waals surface area (Å²) in [5, 5.41) is 5.60. The van der Waals surface area contributed by atoms with Gasteiger partial charge in [0.1, 0.15) is 11.6 Å². The Labute approximate surface area is 140 Å². The van der Waals surface area contributed by atoms with Crippen LogP contribution < -0.4 is 10.6 Å². The number of rotatable bonds is 5. The lowest BCUT2D eigenvalue weighted by atomic mass is 9.93. The molecule has 126 valence electrons. The van der Waals surface area contributed by atoms with E-state index in [9.17, 15) is 13.6 Å². The molecule has 3 rings (SSSR count). The molecule has 2 unspecified atom stereocenters. The monoisotopic (exact) mass is 330 g/mol. The van der Waals surface area contributed by atoms with Crippen LogP contribution in [0.5, 0.6) is 0 Å². The minimum atomic E-state index is -0.590. The van der Waals surface area contributed by atoms with Gasteiger partial charge in [-0.1, -0.05) is 43.3 Å². The fraction of sp³-hybridized carbons (Fsp3) is 0.316. The van der Waals surface area contributed by atoms with E-state index < -0.39 is 17.0 Å². The lowest BCUT2D eigenvalue weighted by Crippen LogP contribution is -2.40. The molecule has 0 saturated heterocycles. The first-order valence-electron chi connectivity index (χ1n) is 8.02. The summed E-state index contributed by atoms with van der Waals surface area (Å²) in [5.74, 6) is -0.897. The number of halogens is 2. The van der Waals surface area contributed by atoms with E-state index >= 15 is 0 Å². The number of urea groups is 1. The van der Waals surface area contributed by atoms with Gasteiger partial charge in [0.05, 0.1) is 0 Å². The van der Waals surface area contributed by atoms with E-state index in [4.69, 9.17) is 0 Å². The molecule has 0 aromatic heterocycles. The average Bonchev–Trinajstić information content (AvgIpc) is 3.23. The van der Waals surface area contributed by atoms with E-state index in [0.29, 0.717) is 18.7 Å². The normalized spacial score (nSPS) is 22.0. The van der Waals surface area contributed by atoms with Crippen LogP contribution in [0.4, 0.5) is 13.6 Å². The standard InChI is InChI=1S/C19H20F2N2O/c1-13-10-19(13,16-8-7-15(20)9-17(16)21)12-23-18(24)22-11-14-5-3-2-4-6-14/h2-9,13H,10-12H2,1H3,(H2,22,23,24). The first-order valence-corrected chi connectivity index (χ1v) is 8.02. The summed E-state index contributed by atoms with van der Waals surface area (Å²) in [6.45, 7) is 2.77. The van der Waals surface area contributed by atoms with Crippen molar-refractivity contribution in [2.24, 2.45) is 5.92 Å². The van der Waals surface area contributed by atoms with Crippen molar-refractivity contribution >= 4 is 6.03 Å². The first-order chi connectivity index (χ1) is 11.5. The molecule has 0 heterocycles. The highest BCUT2D eigenvalue weighted by molar-refractivity contribution is 5.74. The molecule has 1 aliphatic rings. The Hall–Kier alpha value is -2.43. The van der Waals surface area contributed by atoms with Crippen molar-refractivity contribution < 1.29 is 13.6 Å². The summed E-state index contributed by atoms with van der Waals surface area (Å²) in [6.07, 6.45) is 0.772. The number of hydrogen-bond donors (Lipinski definition) is 2. The van der Waals surface area contributed by atoms with Crippen LogP contribution >= 0.6 is 0 Å². The van der Waals surface area contributed by atoms with Crippen LogP contribution in [0.15, 0.2) is 48.5 Å². The minimum Gasteiger partial charge on any atom is -0.337 e. The summed E-state index contributed by atoms with van der Waals surface area (Å²) in [4.78, 5) is 12.0. The zero-order valence-corrected chi connectivity index (χ0v) is 13.5. The zero-order chi connectivity index (χ0) is 17.2. The lowest BCUT2D eigenvalue weighted by Gasteiger charge is -2.19. The summed E-state index contributed by atoms with van der Waals surface area (Å²) in [5.41, 5.74) is 1.04. The van der Waals surface area contributed by atoms with E-state index in [1.54, 1.807) is 0 Å². The molecule has 1 saturated carbocycles. The Morgan fingerprint density at radius 1 is 1.17 bits per heavy atom. The summed E-state index contributed by atoms with van der Waals surface area (Å²) < 4.78 is 27.2. The molecule has 0 radical (unpaired) electrons. The van der Waals surface area contributed by atoms with E-state index in [0.717, 1.165) is 18.1 Å². The molecule has 1 fully saturated rings. The van der Waals surface area contributed by atoms with Gasteiger partial charge >= 0.3 is 6.03 Å². The molecule has 2 aromatic rings. The van der Waals surface area contributed by atoms with Gasteiger partial charge in [0.2, 0.25) is 0 Å². The Morgan fingerprint density at radius 3 is 2.50 bits per heavy atom. The second kappa shape index (κ2) is 6.59. The van der Waals surface area contributed by atoms with E-state index in [-0.39, 0.29) is 11.9 Å². The van der Waals surface area contributed by atoms with Crippen molar-refractivity contribution in [3.63, 3.8) is 0 Å². The zero-order valence-electron chi connectivity index (χ0n) is 13.5. The highest BCUT2D eigenvalue weighted by Crippen LogP contribution is 2.54. The van der Waals surface area contributed by atoms with Crippen molar-refractivity contribution in [1.82, 2.24) is 10.6 Å². The van der Waals surface area contributed by atoms with E-state index in [2.05, 4.69) is 10.6 Å². The Kier molecular flexibility index (Phi) is 4.51. The van der Waals surface area contributed by atoms with Crippen LogP contribution in [-0.2, 0) is 12.0 Å². The van der Waals surface area contributed by atoms with Gasteiger partial charge in [-0.15, -0.1) is 0 Å². The third-order valence-electron chi connectivity index (χ3n) is 4.78. The smallest absolute Gasteiger partial charge is 0.315 e. The van der Waals surface area contributed by atoms with Crippen LogP contribution in [0, 0.1) is 17.6 Å². The predicted molar refractivity (Wildman–Crippen MR) is 88.5 cm³/mol. The molecule has 0 spiro atoms. The van der Waals surface area contributed by atoms with Crippen molar-refractivity contribution in [2.45, 2.75) is 25.3 Å². The Bertz CT molecular complexity index is 735. The summed E-state index contributed by atoms with van der Waals surface area (Å²) >= 11 is 0. The van der Waals surface area contributed by atoms with Crippen molar-refractivity contribution in [1.29, 1.82) is 0 Å². The van der Waals surface area contributed by atoms with Gasteiger partial charge in [0.15, 0.2) is 0 Å². The summed E-state index contributed by atoms with van der Waals surface area (Å²) in [6, 6.07) is 13.0. The molecule has 2 aromatic carbocycles. The van der Waals surface area contributed by atoms with Crippen LogP contribution in [-0.4, -0.2) is 12.6 Å².